The van der Waals surface area contributed by atoms with Gasteiger partial charge in [-0.3, -0.25) is 0 Å². The smallest absolute Gasteiger partial charge is 0.137 e. The number of nitrogens with two attached hydrogens (primary N) is 1. The lowest BCUT2D eigenvalue weighted by Gasteiger charge is -2.10. The Kier molecular flexibility index (Phi) is 4.31. The average Bonchev–Trinajstić information content (AvgIpc) is 2.71. The Bertz CT molecular complexity index is 585. The first-order chi connectivity index (χ1) is 8.59. The van der Waals surface area contributed by atoms with Crippen LogP contribution in [0.2, 0.25) is 0 Å². The maximum absolute atomic E-state index is 13.6. The summed E-state index contributed by atoms with van der Waals surface area (Å²) in [6.07, 6.45) is 0. The second-order valence-electron chi connectivity index (χ2n) is 3.46. The molecule has 0 fully saturated rings. The largest absolute Gasteiger partial charge is 0.487 e. The molecule has 94 valence electrons. The molecule has 0 unspecified atom stereocenters. The van der Waals surface area contributed by atoms with E-state index < -0.39 is 5.82 Å². The Morgan fingerprint density at radius 1 is 1.44 bits per heavy atom. The molecule has 0 amide bonds. The van der Waals surface area contributed by atoms with Gasteiger partial charge in [0.1, 0.15) is 23.2 Å². The molecule has 6 heteroatoms. The number of thiocarbonyl (C=S) groups is 1. The van der Waals surface area contributed by atoms with Crippen LogP contribution in [0.4, 0.5) is 4.39 Å². The molecule has 1 aromatic carbocycles. The molecular formula is C12H9BrFNOS2. The maximum Gasteiger partial charge on any atom is 0.137 e. The quantitative estimate of drug-likeness (QED) is 0.854. The summed E-state index contributed by atoms with van der Waals surface area (Å²) in [5.41, 5.74) is 5.65. The number of rotatable bonds is 4. The SMILES string of the molecule is NC(=S)c1c(F)cccc1OCc1sccc1Br. The van der Waals surface area contributed by atoms with E-state index in [2.05, 4.69) is 15.9 Å². The zero-order chi connectivity index (χ0) is 13.1. The number of ether oxygens (including phenoxy) is 1. The van der Waals surface area contributed by atoms with Gasteiger partial charge in [0.15, 0.2) is 0 Å². The summed E-state index contributed by atoms with van der Waals surface area (Å²) in [6.45, 7) is 0.345. The highest BCUT2D eigenvalue weighted by atomic mass is 79.9. The third-order valence-corrected chi connectivity index (χ3v) is 4.38. The molecule has 1 aromatic heterocycles. The van der Waals surface area contributed by atoms with Crippen LogP contribution < -0.4 is 10.5 Å². The van der Waals surface area contributed by atoms with Crippen LogP contribution in [0.25, 0.3) is 0 Å². The summed E-state index contributed by atoms with van der Waals surface area (Å²) < 4.78 is 20.1. The second kappa shape index (κ2) is 5.77. The Hall–Kier alpha value is -0.980. The lowest BCUT2D eigenvalue weighted by atomic mass is 10.2. The van der Waals surface area contributed by atoms with E-state index in [4.69, 9.17) is 22.7 Å². The van der Waals surface area contributed by atoms with Crippen molar-refractivity contribution in [3.63, 3.8) is 0 Å². The van der Waals surface area contributed by atoms with Crippen LogP contribution in [0.5, 0.6) is 5.75 Å². The summed E-state index contributed by atoms with van der Waals surface area (Å²) in [7, 11) is 0. The van der Waals surface area contributed by atoms with E-state index in [9.17, 15) is 4.39 Å². The van der Waals surface area contributed by atoms with E-state index in [1.54, 1.807) is 23.5 Å². The van der Waals surface area contributed by atoms with Crippen molar-refractivity contribution < 1.29 is 9.13 Å². The Balaban J connectivity index is 2.22. The van der Waals surface area contributed by atoms with Crippen molar-refractivity contribution in [1.82, 2.24) is 0 Å². The van der Waals surface area contributed by atoms with Crippen molar-refractivity contribution in [1.29, 1.82) is 0 Å². The zero-order valence-electron chi connectivity index (χ0n) is 9.15. The van der Waals surface area contributed by atoms with Crippen molar-refractivity contribution in [2.75, 3.05) is 0 Å². The van der Waals surface area contributed by atoms with Crippen LogP contribution >= 0.6 is 39.5 Å². The summed E-state index contributed by atoms with van der Waals surface area (Å²) in [5.74, 6) is -0.104. The fourth-order valence-electron chi connectivity index (χ4n) is 1.44. The minimum absolute atomic E-state index is 0.00616. The average molecular weight is 346 g/mol. The molecule has 0 saturated heterocycles. The van der Waals surface area contributed by atoms with E-state index in [1.807, 2.05) is 11.4 Å². The first-order valence-electron chi connectivity index (χ1n) is 5.02. The number of halogens is 2. The van der Waals surface area contributed by atoms with Gasteiger partial charge in [-0.2, -0.15) is 0 Å². The molecular weight excluding hydrogens is 337 g/mol. The third kappa shape index (κ3) is 2.88. The van der Waals surface area contributed by atoms with E-state index in [0.717, 1.165) is 9.35 Å². The van der Waals surface area contributed by atoms with Crippen molar-refractivity contribution in [2.24, 2.45) is 5.73 Å². The van der Waals surface area contributed by atoms with Gasteiger partial charge in [-0.15, -0.1) is 11.3 Å². The van der Waals surface area contributed by atoms with Crippen molar-refractivity contribution in [3.05, 3.63) is 50.4 Å². The molecule has 2 nitrogen and oxygen atoms in total. The zero-order valence-corrected chi connectivity index (χ0v) is 12.4. The van der Waals surface area contributed by atoms with E-state index in [0.29, 0.717) is 12.4 Å². The lowest BCUT2D eigenvalue weighted by molar-refractivity contribution is 0.307. The molecule has 0 aliphatic carbocycles. The van der Waals surface area contributed by atoms with Crippen LogP contribution in [0, 0.1) is 5.82 Å². The van der Waals surface area contributed by atoms with Gasteiger partial charge in [0.05, 0.1) is 10.4 Å². The normalized spacial score (nSPS) is 10.3. The van der Waals surface area contributed by atoms with Gasteiger partial charge in [-0.25, -0.2) is 4.39 Å². The number of benzene rings is 1. The lowest BCUT2D eigenvalue weighted by Crippen LogP contribution is -2.13. The topological polar surface area (TPSA) is 35.2 Å². The summed E-state index contributed by atoms with van der Waals surface area (Å²) in [5, 5.41) is 1.95. The van der Waals surface area contributed by atoms with Crippen LogP contribution in [0.1, 0.15) is 10.4 Å². The second-order valence-corrected chi connectivity index (χ2v) is 5.75. The first kappa shape index (κ1) is 13.5. The fraction of sp³-hybridized carbons (Fsp3) is 0.0833. The van der Waals surface area contributed by atoms with Gasteiger partial charge in [0.25, 0.3) is 0 Å². The van der Waals surface area contributed by atoms with Crippen LogP contribution in [-0.4, -0.2) is 4.99 Å². The monoisotopic (exact) mass is 345 g/mol. The van der Waals surface area contributed by atoms with Crippen molar-refractivity contribution >= 4 is 44.5 Å². The highest BCUT2D eigenvalue weighted by Gasteiger charge is 2.13. The number of hydrogen-bond donors (Lipinski definition) is 1. The summed E-state index contributed by atoms with van der Waals surface area (Å²) >= 11 is 9.79. The minimum atomic E-state index is -0.467. The molecule has 2 aromatic rings. The molecule has 0 aliphatic rings. The van der Waals surface area contributed by atoms with Gasteiger partial charge in [-0.1, -0.05) is 18.3 Å². The number of thiophene rings is 1. The predicted octanol–water partition coefficient (Wildman–Crippen LogP) is 3.86. The Morgan fingerprint density at radius 2 is 2.22 bits per heavy atom. The van der Waals surface area contributed by atoms with Gasteiger partial charge >= 0.3 is 0 Å². The van der Waals surface area contributed by atoms with Crippen LogP contribution in [-0.2, 0) is 6.61 Å². The molecule has 18 heavy (non-hydrogen) atoms. The molecule has 0 aliphatic heterocycles. The van der Waals surface area contributed by atoms with Gasteiger partial charge in [0, 0.05) is 4.47 Å². The fourth-order valence-corrected chi connectivity index (χ4v) is 3.01. The van der Waals surface area contributed by atoms with Gasteiger partial charge < -0.3 is 10.5 Å². The standard InChI is InChI=1S/C12H9BrFNOS2/c13-7-4-5-18-10(7)6-16-9-3-1-2-8(14)11(9)12(15)17/h1-5H,6H2,(H2,15,17). The summed E-state index contributed by atoms with van der Waals surface area (Å²) in [4.78, 5) is 1.02. The molecule has 0 spiro atoms. The molecule has 0 bridgehead atoms. The van der Waals surface area contributed by atoms with Crippen molar-refractivity contribution in [3.8, 4) is 5.75 Å². The molecule has 0 radical (unpaired) electrons. The van der Waals surface area contributed by atoms with E-state index >= 15 is 0 Å². The Labute approximate surface area is 122 Å². The molecule has 1 heterocycles. The molecule has 2 rings (SSSR count). The van der Waals surface area contributed by atoms with Crippen LogP contribution in [0.3, 0.4) is 0 Å². The van der Waals surface area contributed by atoms with E-state index in [-0.39, 0.29) is 10.6 Å². The van der Waals surface area contributed by atoms with Gasteiger partial charge in [0.2, 0.25) is 0 Å². The first-order valence-corrected chi connectivity index (χ1v) is 7.10. The molecule has 0 saturated carbocycles. The summed E-state index contributed by atoms with van der Waals surface area (Å²) in [6, 6.07) is 6.46. The minimum Gasteiger partial charge on any atom is -0.487 e. The van der Waals surface area contributed by atoms with Crippen molar-refractivity contribution in [2.45, 2.75) is 6.61 Å². The Morgan fingerprint density at radius 3 is 2.83 bits per heavy atom. The third-order valence-electron chi connectivity index (χ3n) is 2.27. The van der Waals surface area contributed by atoms with Crippen LogP contribution in [0.15, 0.2) is 34.1 Å². The van der Waals surface area contributed by atoms with Gasteiger partial charge in [-0.05, 0) is 39.5 Å². The van der Waals surface area contributed by atoms with E-state index in [1.165, 1.54) is 6.07 Å². The highest BCUT2D eigenvalue weighted by molar-refractivity contribution is 9.10. The number of hydrogen-bond acceptors (Lipinski definition) is 3. The molecule has 2 N–H and O–H groups in total. The predicted molar refractivity (Wildman–Crippen MR) is 78.6 cm³/mol. The highest BCUT2D eigenvalue weighted by Crippen LogP contribution is 2.26. The maximum atomic E-state index is 13.6. The molecule has 0 atom stereocenters.